The normalized spacial score (nSPS) is 31.8. The Morgan fingerprint density at radius 3 is 2.81 bits per heavy atom. The molecule has 2 atom stereocenters. The van der Waals surface area contributed by atoms with Gasteiger partial charge in [0.2, 0.25) is 0 Å². The fourth-order valence-electron chi connectivity index (χ4n) is 2.95. The van der Waals surface area contributed by atoms with Crippen molar-refractivity contribution < 1.29 is 9.90 Å². The van der Waals surface area contributed by atoms with E-state index in [1.54, 1.807) is 0 Å². The second-order valence-corrected chi connectivity index (χ2v) is 5.07. The Morgan fingerprint density at radius 2 is 2.31 bits per heavy atom. The van der Waals surface area contributed by atoms with Gasteiger partial charge in [0, 0.05) is 19.1 Å². The number of hydrogen-bond acceptors (Lipinski definition) is 4. The second kappa shape index (κ2) is 4.82. The molecule has 0 saturated carbocycles. The summed E-state index contributed by atoms with van der Waals surface area (Å²) in [7, 11) is 0. The summed E-state index contributed by atoms with van der Waals surface area (Å²) in [5, 5.41) is 13.6. The van der Waals surface area contributed by atoms with Crippen LogP contribution in [0.15, 0.2) is 0 Å². The van der Waals surface area contributed by atoms with Crippen LogP contribution in [0.1, 0.15) is 32.6 Å². The number of nitrogens with zero attached hydrogens (tertiary/aromatic N) is 1. The minimum Gasteiger partial charge on any atom is -0.386 e. The van der Waals surface area contributed by atoms with Crippen LogP contribution < -0.4 is 5.32 Å². The molecule has 0 aromatic rings. The van der Waals surface area contributed by atoms with Crippen molar-refractivity contribution in [3.63, 3.8) is 0 Å². The number of aliphatic hydroxyl groups is 1. The van der Waals surface area contributed by atoms with Crippen molar-refractivity contribution in [1.29, 1.82) is 0 Å². The Kier molecular flexibility index (Phi) is 3.62. The zero-order valence-electron chi connectivity index (χ0n) is 9.98. The third-order valence-corrected chi connectivity index (χ3v) is 4.03. The lowest BCUT2D eigenvalue weighted by Gasteiger charge is -2.51. The first-order valence-electron chi connectivity index (χ1n) is 6.35. The topological polar surface area (TPSA) is 52.6 Å². The Hall–Kier alpha value is -0.450. The molecule has 2 N–H and O–H groups in total. The van der Waals surface area contributed by atoms with Gasteiger partial charge in [-0.25, -0.2) is 0 Å². The fraction of sp³-hybridized carbons (Fsp3) is 0.917. The first-order valence-corrected chi connectivity index (χ1v) is 6.35. The fourth-order valence-corrected chi connectivity index (χ4v) is 2.95. The highest BCUT2D eigenvalue weighted by atomic mass is 16.3. The molecule has 2 aliphatic rings. The van der Waals surface area contributed by atoms with Gasteiger partial charge in [-0.15, -0.1) is 0 Å². The van der Waals surface area contributed by atoms with Gasteiger partial charge in [0.15, 0.2) is 0 Å². The number of carbonyl (C=O) groups excluding carboxylic acids is 1. The van der Waals surface area contributed by atoms with Crippen molar-refractivity contribution in [2.75, 3.05) is 19.6 Å². The quantitative estimate of drug-likeness (QED) is 0.670. The molecule has 2 fully saturated rings. The summed E-state index contributed by atoms with van der Waals surface area (Å²) in [5.41, 5.74) is -0.600. The number of nitrogens with one attached hydrogen (secondary N) is 1. The minimum atomic E-state index is -0.600. The number of piperidine rings is 1. The van der Waals surface area contributed by atoms with Crippen molar-refractivity contribution >= 4 is 6.29 Å². The summed E-state index contributed by atoms with van der Waals surface area (Å²) in [6.07, 6.45) is 5.20. The van der Waals surface area contributed by atoms with E-state index in [-0.39, 0.29) is 12.1 Å². The number of carbonyl (C=O) groups is 1. The average Bonchev–Trinajstić information content (AvgIpc) is 2.28. The van der Waals surface area contributed by atoms with Crippen molar-refractivity contribution in [1.82, 2.24) is 10.2 Å². The van der Waals surface area contributed by atoms with E-state index in [0.717, 1.165) is 32.1 Å². The van der Waals surface area contributed by atoms with Gasteiger partial charge in [-0.1, -0.05) is 13.3 Å². The van der Waals surface area contributed by atoms with Gasteiger partial charge in [-0.2, -0.15) is 0 Å². The smallest absolute Gasteiger partial charge is 0.137 e. The van der Waals surface area contributed by atoms with Gasteiger partial charge < -0.3 is 15.2 Å². The zero-order chi connectivity index (χ0) is 11.6. The Bertz CT molecular complexity index is 253. The first kappa shape index (κ1) is 12.0. The number of likely N-dealkylation sites (tertiary alicyclic amines) is 1. The molecule has 0 radical (unpaired) electrons. The van der Waals surface area contributed by atoms with E-state index in [2.05, 4.69) is 10.2 Å². The molecular formula is C12H22N2O2. The van der Waals surface area contributed by atoms with Gasteiger partial charge in [-0.3, -0.25) is 4.90 Å². The maximum atomic E-state index is 11.1. The molecule has 0 aliphatic carbocycles. The molecule has 0 amide bonds. The van der Waals surface area contributed by atoms with Crippen molar-refractivity contribution in [2.45, 2.75) is 50.3 Å². The summed E-state index contributed by atoms with van der Waals surface area (Å²) < 4.78 is 0. The van der Waals surface area contributed by atoms with Gasteiger partial charge in [0.05, 0.1) is 6.04 Å². The second-order valence-electron chi connectivity index (χ2n) is 5.07. The Balaban J connectivity index is 2.10. The van der Waals surface area contributed by atoms with Crippen LogP contribution in [0.25, 0.3) is 0 Å². The van der Waals surface area contributed by atoms with Crippen molar-refractivity contribution in [2.24, 2.45) is 0 Å². The number of hydrogen-bond donors (Lipinski definition) is 2. The lowest BCUT2D eigenvalue weighted by molar-refractivity contribution is -0.126. The Labute approximate surface area is 97.0 Å². The van der Waals surface area contributed by atoms with Gasteiger partial charge in [0.1, 0.15) is 11.9 Å². The molecule has 2 rings (SSSR count). The Morgan fingerprint density at radius 1 is 1.56 bits per heavy atom. The molecule has 2 heterocycles. The van der Waals surface area contributed by atoms with Crippen LogP contribution in [0, 0.1) is 0 Å². The van der Waals surface area contributed by atoms with E-state index in [1.807, 2.05) is 6.92 Å². The SMILES string of the molecule is CC[C@@H](C=O)N1CCCC[C@H]1C1(O)CNC1. The molecule has 92 valence electrons. The summed E-state index contributed by atoms with van der Waals surface area (Å²) >= 11 is 0. The van der Waals surface area contributed by atoms with E-state index in [9.17, 15) is 9.90 Å². The summed E-state index contributed by atoms with van der Waals surface area (Å²) in [6, 6.07) is 0.146. The number of rotatable bonds is 4. The third kappa shape index (κ3) is 2.01. The lowest BCUT2D eigenvalue weighted by atomic mass is 9.81. The van der Waals surface area contributed by atoms with Crippen molar-refractivity contribution in [3.05, 3.63) is 0 Å². The van der Waals surface area contributed by atoms with Crippen LogP contribution in [0.5, 0.6) is 0 Å². The molecular weight excluding hydrogens is 204 g/mol. The summed E-state index contributed by atoms with van der Waals surface area (Å²) in [4.78, 5) is 13.3. The van der Waals surface area contributed by atoms with Crippen molar-refractivity contribution in [3.8, 4) is 0 Å². The molecule has 4 nitrogen and oxygen atoms in total. The van der Waals surface area contributed by atoms with Gasteiger partial charge in [-0.05, 0) is 25.8 Å². The highest BCUT2D eigenvalue weighted by molar-refractivity contribution is 5.57. The van der Waals surface area contributed by atoms with Crippen LogP contribution in [0.3, 0.4) is 0 Å². The molecule has 0 aromatic heterocycles. The molecule has 4 heteroatoms. The highest BCUT2D eigenvalue weighted by Gasteiger charge is 2.47. The van der Waals surface area contributed by atoms with Crippen LogP contribution >= 0.6 is 0 Å². The average molecular weight is 226 g/mol. The van der Waals surface area contributed by atoms with Crippen LogP contribution in [0.2, 0.25) is 0 Å². The zero-order valence-corrected chi connectivity index (χ0v) is 9.98. The minimum absolute atomic E-state index is 0.0186. The van der Waals surface area contributed by atoms with Crippen LogP contribution in [-0.2, 0) is 4.79 Å². The lowest BCUT2D eigenvalue weighted by Crippen LogP contribution is -2.71. The molecule has 0 unspecified atom stereocenters. The molecule has 16 heavy (non-hydrogen) atoms. The molecule has 2 aliphatic heterocycles. The monoisotopic (exact) mass is 226 g/mol. The molecule has 2 saturated heterocycles. The van der Waals surface area contributed by atoms with E-state index < -0.39 is 5.60 Å². The van der Waals surface area contributed by atoms with Gasteiger partial charge in [0.25, 0.3) is 0 Å². The van der Waals surface area contributed by atoms with E-state index in [0.29, 0.717) is 13.1 Å². The van der Waals surface area contributed by atoms with Crippen LogP contribution in [-0.4, -0.2) is 53.6 Å². The molecule has 0 bridgehead atoms. The van der Waals surface area contributed by atoms with Crippen LogP contribution in [0.4, 0.5) is 0 Å². The maximum Gasteiger partial charge on any atom is 0.137 e. The standard InChI is InChI=1S/C12H22N2O2/c1-2-10(7-15)14-6-4-3-5-11(14)12(16)8-13-9-12/h7,10-11,13,16H,2-6,8-9H2,1H3/t10-,11-/m0/s1. The third-order valence-electron chi connectivity index (χ3n) is 4.03. The number of aldehydes is 1. The maximum absolute atomic E-state index is 11.1. The highest BCUT2D eigenvalue weighted by Crippen LogP contribution is 2.30. The summed E-state index contributed by atoms with van der Waals surface area (Å²) in [6.45, 7) is 4.32. The molecule has 0 spiro atoms. The van der Waals surface area contributed by atoms with E-state index in [1.165, 1.54) is 6.42 Å². The van der Waals surface area contributed by atoms with Gasteiger partial charge >= 0.3 is 0 Å². The van der Waals surface area contributed by atoms with E-state index in [4.69, 9.17) is 0 Å². The predicted molar refractivity (Wildman–Crippen MR) is 62.3 cm³/mol. The first-order chi connectivity index (χ1) is 7.71. The predicted octanol–water partition coefficient (Wildman–Crippen LogP) is 0.153. The number of β-amino-alcohol motifs (C(OH)–C–C–N with tert-alkyl or cyclic N) is 1. The molecule has 0 aromatic carbocycles. The summed E-state index contributed by atoms with van der Waals surface area (Å²) in [5.74, 6) is 0. The largest absolute Gasteiger partial charge is 0.386 e. The van der Waals surface area contributed by atoms with E-state index >= 15 is 0 Å².